The Balaban J connectivity index is 1.75. The molecule has 2 aliphatic rings. The smallest absolute Gasteiger partial charge is 0.172 e. The van der Waals surface area contributed by atoms with Gasteiger partial charge < -0.3 is 29.4 Å². The van der Waals surface area contributed by atoms with Crippen LogP contribution in [0, 0.1) is 0 Å². The highest BCUT2D eigenvalue weighted by Gasteiger charge is 2.33. The molecule has 0 spiro atoms. The van der Waals surface area contributed by atoms with E-state index in [0.717, 1.165) is 50.4 Å². The molecular weight excluding hydrogens is 454 g/mol. The maximum absolute atomic E-state index is 10.5. The zero-order valence-electron chi connectivity index (χ0n) is 21.3. The van der Waals surface area contributed by atoms with Crippen LogP contribution in [0.5, 0.6) is 17.2 Å². The molecule has 0 amide bonds. The molecule has 3 aromatic rings. The summed E-state index contributed by atoms with van der Waals surface area (Å²) in [4.78, 5) is 0. The van der Waals surface area contributed by atoms with E-state index in [1.807, 2.05) is 24.3 Å². The lowest BCUT2D eigenvalue weighted by Crippen LogP contribution is -2.32. The van der Waals surface area contributed by atoms with Crippen molar-refractivity contribution in [2.24, 2.45) is 0 Å². The molecule has 0 atom stereocenters. The predicted octanol–water partition coefficient (Wildman–Crippen LogP) is 6.69. The Morgan fingerprint density at radius 2 is 1.81 bits per heavy atom. The van der Waals surface area contributed by atoms with Crippen molar-refractivity contribution in [3.8, 4) is 28.4 Å². The van der Waals surface area contributed by atoms with Gasteiger partial charge in [0.25, 0.3) is 0 Å². The molecular formula is C30H31NO5. The molecule has 2 heterocycles. The minimum atomic E-state index is -0.177. The molecule has 186 valence electrons. The van der Waals surface area contributed by atoms with Crippen LogP contribution in [0.3, 0.4) is 0 Å². The second kappa shape index (κ2) is 9.37. The Bertz CT molecular complexity index is 1390. The Labute approximate surface area is 211 Å². The Hall–Kier alpha value is -3.74. The molecule has 6 heteroatoms. The summed E-state index contributed by atoms with van der Waals surface area (Å²) < 4.78 is 22.9. The molecule has 0 aliphatic carbocycles. The zero-order valence-corrected chi connectivity index (χ0v) is 21.3. The lowest BCUT2D eigenvalue weighted by molar-refractivity contribution is -0.0391. The van der Waals surface area contributed by atoms with E-state index in [2.05, 4.69) is 50.4 Å². The van der Waals surface area contributed by atoms with Gasteiger partial charge >= 0.3 is 0 Å². The first-order chi connectivity index (χ1) is 17.3. The van der Waals surface area contributed by atoms with Gasteiger partial charge in [-0.05, 0) is 61.7 Å². The van der Waals surface area contributed by atoms with E-state index in [-0.39, 0.29) is 18.1 Å². The average molecular weight is 486 g/mol. The second-order valence-electron chi connectivity index (χ2n) is 9.64. The monoisotopic (exact) mass is 485 g/mol. The van der Waals surface area contributed by atoms with E-state index in [0.29, 0.717) is 18.1 Å². The molecule has 36 heavy (non-hydrogen) atoms. The molecule has 6 nitrogen and oxygen atoms in total. The number of aromatic hydroxyl groups is 1. The minimum Gasteiger partial charge on any atom is -0.504 e. The lowest BCUT2D eigenvalue weighted by Gasteiger charge is -2.35. The second-order valence-corrected chi connectivity index (χ2v) is 9.64. The molecule has 3 aromatic carbocycles. The van der Waals surface area contributed by atoms with Crippen LogP contribution >= 0.6 is 0 Å². The molecule has 0 saturated carbocycles. The van der Waals surface area contributed by atoms with Gasteiger partial charge in [-0.1, -0.05) is 36.4 Å². The molecule has 0 bridgehead atoms. The Morgan fingerprint density at radius 3 is 2.58 bits per heavy atom. The number of fused-ring (bicyclic) bond motifs is 5. The van der Waals surface area contributed by atoms with Gasteiger partial charge in [0, 0.05) is 29.5 Å². The van der Waals surface area contributed by atoms with Crippen molar-refractivity contribution in [1.29, 1.82) is 0 Å². The van der Waals surface area contributed by atoms with Crippen molar-refractivity contribution >= 4 is 23.1 Å². The molecule has 0 radical (unpaired) electrons. The SMILES string of the molecule is COCOCc1ccccc1/C=C1\Oc2ccc(O)c(OC)c2-c2ccc3c(c21)C(C)=CC(C)(C)N3. The van der Waals surface area contributed by atoms with Crippen molar-refractivity contribution in [2.75, 3.05) is 26.3 Å². The molecule has 0 fully saturated rings. The van der Waals surface area contributed by atoms with Gasteiger partial charge in [-0.3, -0.25) is 0 Å². The van der Waals surface area contributed by atoms with Gasteiger partial charge in [0.2, 0.25) is 0 Å². The number of phenols is 1. The fraction of sp³-hybridized carbons (Fsp3) is 0.267. The van der Waals surface area contributed by atoms with Gasteiger partial charge in [0.05, 0.1) is 24.8 Å². The number of phenolic OH excluding ortho intramolecular Hbond substituents is 1. The van der Waals surface area contributed by atoms with Crippen LogP contribution in [0.1, 0.15) is 43.0 Å². The number of rotatable bonds is 6. The summed E-state index contributed by atoms with van der Waals surface area (Å²) in [7, 11) is 3.17. The Kier molecular flexibility index (Phi) is 6.24. The van der Waals surface area contributed by atoms with Crippen molar-refractivity contribution < 1.29 is 24.1 Å². The molecule has 2 N–H and O–H groups in total. The highest BCUT2D eigenvalue weighted by atomic mass is 16.7. The van der Waals surface area contributed by atoms with Gasteiger partial charge in [-0.2, -0.15) is 0 Å². The van der Waals surface area contributed by atoms with Crippen LogP contribution in [0.15, 0.2) is 54.6 Å². The summed E-state index contributed by atoms with van der Waals surface area (Å²) in [5, 5.41) is 14.2. The first-order valence-electron chi connectivity index (χ1n) is 11.9. The van der Waals surface area contributed by atoms with E-state index in [1.165, 1.54) is 0 Å². The summed E-state index contributed by atoms with van der Waals surface area (Å²) in [5.74, 6) is 1.81. The van der Waals surface area contributed by atoms with Crippen molar-refractivity contribution in [3.05, 3.63) is 76.9 Å². The number of ether oxygens (including phenoxy) is 4. The third-order valence-electron chi connectivity index (χ3n) is 6.47. The molecule has 0 unspecified atom stereocenters. The molecule has 0 aromatic heterocycles. The largest absolute Gasteiger partial charge is 0.504 e. The standard InChI is InChI=1S/C30H31NO5/c1-18-15-30(2,3)31-22-11-10-21-27(26(18)22)25(36-24-13-12-23(32)29(34-5)28(21)24)14-19-8-6-7-9-20(19)16-35-17-33-4/h6-15,31-32H,16-17H2,1-5H3/b25-14-. The van der Waals surface area contributed by atoms with Crippen LogP contribution in [0.4, 0.5) is 5.69 Å². The normalized spacial score (nSPS) is 16.2. The number of anilines is 1. The number of nitrogens with one attached hydrogen (secondary N) is 1. The topological polar surface area (TPSA) is 69.2 Å². The summed E-state index contributed by atoms with van der Waals surface area (Å²) in [6, 6.07) is 15.6. The summed E-state index contributed by atoms with van der Waals surface area (Å²) in [6.45, 7) is 7.07. The molecule has 2 aliphatic heterocycles. The highest BCUT2D eigenvalue weighted by Crippen LogP contribution is 2.54. The highest BCUT2D eigenvalue weighted by molar-refractivity contribution is 6.02. The van der Waals surface area contributed by atoms with E-state index >= 15 is 0 Å². The third-order valence-corrected chi connectivity index (χ3v) is 6.47. The van der Waals surface area contributed by atoms with Crippen LogP contribution < -0.4 is 14.8 Å². The first-order valence-corrected chi connectivity index (χ1v) is 11.9. The number of benzene rings is 3. The first kappa shape index (κ1) is 24.0. The number of hydrogen-bond acceptors (Lipinski definition) is 6. The summed E-state index contributed by atoms with van der Waals surface area (Å²) in [6.07, 6.45) is 4.29. The summed E-state index contributed by atoms with van der Waals surface area (Å²) in [5.41, 5.74) is 7.73. The fourth-order valence-corrected chi connectivity index (χ4v) is 5.13. The predicted molar refractivity (Wildman–Crippen MR) is 143 cm³/mol. The van der Waals surface area contributed by atoms with Crippen LogP contribution in [0.25, 0.3) is 28.5 Å². The maximum atomic E-state index is 10.5. The van der Waals surface area contributed by atoms with Crippen molar-refractivity contribution in [3.63, 3.8) is 0 Å². The van der Waals surface area contributed by atoms with Crippen LogP contribution in [-0.2, 0) is 16.1 Å². The van der Waals surface area contributed by atoms with Gasteiger partial charge in [0.1, 0.15) is 18.3 Å². The quantitative estimate of drug-likeness (QED) is 0.300. The third kappa shape index (κ3) is 4.23. The molecule has 0 saturated heterocycles. The average Bonchev–Trinajstić information content (AvgIpc) is 2.84. The minimum absolute atomic E-state index is 0.0723. The van der Waals surface area contributed by atoms with Crippen LogP contribution in [-0.4, -0.2) is 31.7 Å². The van der Waals surface area contributed by atoms with Gasteiger partial charge in [-0.25, -0.2) is 0 Å². The summed E-state index contributed by atoms with van der Waals surface area (Å²) >= 11 is 0. The Morgan fingerprint density at radius 1 is 1.00 bits per heavy atom. The van der Waals surface area contributed by atoms with E-state index in [1.54, 1.807) is 26.4 Å². The van der Waals surface area contributed by atoms with Gasteiger partial charge in [0.15, 0.2) is 11.5 Å². The number of methoxy groups -OCH3 is 2. The van der Waals surface area contributed by atoms with E-state index < -0.39 is 0 Å². The number of hydrogen-bond donors (Lipinski definition) is 2. The van der Waals surface area contributed by atoms with E-state index in [4.69, 9.17) is 18.9 Å². The van der Waals surface area contributed by atoms with Gasteiger partial charge in [-0.15, -0.1) is 0 Å². The number of allylic oxidation sites excluding steroid dienone is 1. The van der Waals surface area contributed by atoms with Crippen molar-refractivity contribution in [1.82, 2.24) is 0 Å². The van der Waals surface area contributed by atoms with Crippen LogP contribution in [0.2, 0.25) is 0 Å². The fourth-order valence-electron chi connectivity index (χ4n) is 5.13. The van der Waals surface area contributed by atoms with E-state index in [9.17, 15) is 5.11 Å². The zero-order chi connectivity index (χ0) is 25.4. The maximum Gasteiger partial charge on any atom is 0.172 e. The van der Waals surface area contributed by atoms with Crippen molar-refractivity contribution in [2.45, 2.75) is 32.9 Å². The lowest BCUT2D eigenvalue weighted by atomic mass is 9.82. The molecule has 5 rings (SSSR count).